The molecule has 0 bridgehead atoms. The van der Waals surface area contributed by atoms with Crippen LogP contribution < -0.4 is 11.3 Å². The van der Waals surface area contributed by atoms with E-state index in [0.29, 0.717) is 12.1 Å². The molecule has 4 N–H and O–H groups in total. The van der Waals surface area contributed by atoms with Crippen LogP contribution in [0, 0.1) is 6.92 Å². The number of para-hydroxylation sites is 2. The van der Waals surface area contributed by atoms with E-state index < -0.39 is 5.97 Å². The van der Waals surface area contributed by atoms with Crippen LogP contribution in [-0.2, 0) is 20.0 Å². The quantitative estimate of drug-likeness (QED) is 0.260. The van der Waals surface area contributed by atoms with Crippen LogP contribution >= 0.6 is 0 Å². The van der Waals surface area contributed by atoms with Crippen LogP contribution in [-0.4, -0.2) is 25.1 Å². The van der Waals surface area contributed by atoms with Gasteiger partial charge in [-0.1, -0.05) is 67.6 Å². The summed E-state index contributed by atoms with van der Waals surface area (Å²) in [7, 11) is 2.06. The highest BCUT2D eigenvalue weighted by atomic mass is 16.4. The van der Waals surface area contributed by atoms with Crippen molar-refractivity contribution in [1.29, 1.82) is 0 Å². The van der Waals surface area contributed by atoms with Crippen molar-refractivity contribution < 1.29 is 9.90 Å². The maximum atomic E-state index is 11.6. The van der Waals surface area contributed by atoms with E-state index in [1.54, 1.807) is 12.1 Å². The fraction of sp³-hybridized carbons (Fsp3) is 0.182. The Morgan fingerprint density at radius 2 is 1.60 bits per heavy atom. The molecule has 7 nitrogen and oxygen atoms in total. The molecule has 0 saturated carbocycles. The smallest absolute Gasteiger partial charge is 0.140 e. The van der Waals surface area contributed by atoms with E-state index in [1.165, 1.54) is 0 Å². The molecule has 0 radical (unpaired) electrons. The lowest BCUT2D eigenvalue weighted by Gasteiger charge is -2.13. The monoisotopic (exact) mass is 531 g/mol. The van der Waals surface area contributed by atoms with Crippen LogP contribution in [0.3, 0.4) is 0 Å². The molecule has 4 aromatic carbocycles. The highest BCUT2D eigenvalue weighted by Gasteiger charge is 2.17. The van der Waals surface area contributed by atoms with E-state index in [2.05, 4.69) is 60.4 Å². The Morgan fingerprint density at radius 1 is 0.875 bits per heavy atom. The van der Waals surface area contributed by atoms with E-state index in [4.69, 9.17) is 9.97 Å². The second-order valence-corrected chi connectivity index (χ2v) is 10.0. The Bertz CT molecular complexity index is 1850. The van der Waals surface area contributed by atoms with Crippen LogP contribution in [0.2, 0.25) is 0 Å². The lowest BCUT2D eigenvalue weighted by molar-refractivity contribution is -0.254. The minimum atomic E-state index is -1.17. The topological polar surface area (TPSA) is 112 Å². The first-order chi connectivity index (χ1) is 18.9. The van der Waals surface area contributed by atoms with E-state index in [9.17, 15) is 9.90 Å². The molecule has 202 valence electrons. The number of aromatic nitrogens is 4. The molecular formula is C33H33N5O2. The summed E-state index contributed by atoms with van der Waals surface area (Å²) in [5.41, 5.74) is 9.20. The number of carbonyl (C=O) groups excluding carboxylic acids is 1. The summed E-state index contributed by atoms with van der Waals surface area (Å²) in [5.74, 6) is 0.821. The van der Waals surface area contributed by atoms with Gasteiger partial charge in [0.15, 0.2) is 0 Å². The van der Waals surface area contributed by atoms with Crippen molar-refractivity contribution in [3.8, 4) is 22.5 Å². The second-order valence-electron chi connectivity index (χ2n) is 10.0. The maximum absolute atomic E-state index is 11.6. The molecule has 6 rings (SSSR count). The van der Waals surface area contributed by atoms with Gasteiger partial charge < -0.3 is 25.2 Å². The normalized spacial score (nSPS) is 11.2. The number of benzene rings is 4. The van der Waals surface area contributed by atoms with Crippen LogP contribution in [0.1, 0.15) is 40.7 Å². The summed E-state index contributed by atoms with van der Waals surface area (Å²) < 4.78 is 4.45. The van der Waals surface area contributed by atoms with E-state index in [1.807, 2.05) is 42.5 Å². The van der Waals surface area contributed by atoms with Crippen molar-refractivity contribution in [3.05, 3.63) is 107 Å². The summed E-state index contributed by atoms with van der Waals surface area (Å²) in [6, 6.07) is 27.6. The minimum absolute atomic E-state index is 0. The van der Waals surface area contributed by atoms with Crippen molar-refractivity contribution >= 4 is 28.0 Å². The van der Waals surface area contributed by atoms with Gasteiger partial charge in [-0.25, -0.2) is 9.97 Å². The fourth-order valence-corrected chi connectivity index (χ4v) is 5.45. The number of carboxylic acids is 1. The number of rotatable bonds is 7. The molecule has 2 heterocycles. The first-order valence-corrected chi connectivity index (χ1v) is 13.3. The van der Waals surface area contributed by atoms with Gasteiger partial charge in [-0.3, -0.25) is 0 Å². The molecular weight excluding hydrogens is 498 g/mol. The van der Waals surface area contributed by atoms with E-state index in [-0.39, 0.29) is 11.7 Å². The molecule has 0 amide bonds. The van der Waals surface area contributed by atoms with Gasteiger partial charge in [0.05, 0.1) is 28.0 Å². The molecule has 7 heteroatoms. The Kier molecular flexibility index (Phi) is 7.24. The summed E-state index contributed by atoms with van der Waals surface area (Å²) in [5, 5.41) is 11.6. The number of hydrogen-bond acceptors (Lipinski definition) is 4. The number of imidazole rings is 2. The molecule has 0 unspecified atom stereocenters. The standard InChI is InChI=1S/C33H30N4O2.H3N/c1-4-9-30-35-31-21(2)18-24(32-34-27-12-7-8-13-28(27)36(32)3)19-29(31)37(30)20-22-14-16-23(17-15-22)25-10-5-6-11-26(25)33(38)39;/h5-8,10-19H,4,9,20H2,1-3H3,(H,38,39);1H3. The molecule has 0 spiro atoms. The highest BCUT2D eigenvalue weighted by molar-refractivity contribution is 5.94. The van der Waals surface area contributed by atoms with Gasteiger partial charge in [0, 0.05) is 31.1 Å². The van der Waals surface area contributed by atoms with Gasteiger partial charge in [-0.15, -0.1) is 0 Å². The fourth-order valence-electron chi connectivity index (χ4n) is 5.45. The third-order valence-corrected chi connectivity index (χ3v) is 7.40. The zero-order valence-electron chi connectivity index (χ0n) is 23.3. The number of fused-ring (bicyclic) bond motifs is 2. The summed E-state index contributed by atoms with van der Waals surface area (Å²) in [6.07, 6.45) is 1.88. The van der Waals surface area contributed by atoms with Gasteiger partial charge in [-0.2, -0.15) is 0 Å². The van der Waals surface area contributed by atoms with Gasteiger partial charge in [0.2, 0.25) is 0 Å². The van der Waals surface area contributed by atoms with Crippen LogP contribution in [0.15, 0.2) is 84.9 Å². The molecule has 0 aliphatic carbocycles. The van der Waals surface area contributed by atoms with Gasteiger partial charge in [0.1, 0.15) is 11.6 Å². The predicted octanol–water partition coefficient (Wildman–Crippen LogP) is 6.31. The number of nitrogens with zero attached hydrogens (tertiary/aromatic N) is 4. The third-order valence-electron chi connectivity index (χ3n) is 7.40. The minimum Gasteiger partial charge on any atom is -0.545 e. The Balaban J connectivity index is 0.00000323. The molecule has 0 atom stereocenters. The molecule has 0 aliphatic rings. The number of hydrogen-bond donors (Lipinski definition) is 1. The SMILES string of the molecule is CCCc1nc2c(C)cc(-c3nc4ccccc4n3C)cc2n1Cc1ccc(-c2ccccc2C(=O)[O-])cc1.[NH4+]. The van der Waals surface area contributed by atoms with Crippen molar-refractivity contribution in [3.63, 3.8) is 0 Å². The lowest BCUT2D eigenvalue weighted by Crippen LogP contribution is -2.22. The summed E-state index contributed by atoms with van der Waals surface area (Å²) in [4.78, 5) is 21.6. The van der Waals surface area contributed by atoms with Crippen molar-refractivity contribution in [1.82, 2.24) is 25.3 Å². The number of aryl methyl sites for hydroxylation is 3. The Morgan fingerprint density at radius 3 is 2.33 bits per heavy atom. The molecule has 0 fully saturated rings. The first kappa shape index (κ1) is 26.8. The second kappa shape index (κ2) is 10.8. The number of carbonyl (C=O) groups is 1. The average Bonchev–Trinajstić information content (AvgIpc) is 3.47. The molecule has 40 heavy (non-hydrogen) atoms. The van der Waals surface area contributed by atoms with E-state index in [0.717, 1.165) is 68.8 Å². The Hall–Kier alpha value is -4.75. The first-order valence-electron chi connectivity index (χ1n) is 13.3. The summed E-state index contributed by atoms with van der Waals surface area (Å²) in [6.45, 7) is 4.95. The zero-order chi connectivity index (χ0) is 27.1. The molecule has 6 aromatic rings. The van der Waals surface area contributed by atoms with Crippen LogP contribution in [0.25, 0.3) is 44.6 Å². The Labute approximate surface area is 233 Å². The lowest BCUT2D eigenvalue weighted by atomic mass is 9.98. The largest absolute Gasteiger partial charge is 0.545 e. The van der Waals surface area contributed by atoms with Crippen molar-refractivity contribution in [2.75, 3.05) is 0 Å². The van der Waals surface area contributed by atoms with Crippen LogP contribution in [0.5, 0.6) is 0 Å². The van der Waals surface area contributed by atoms with E-state index >= 15 is 0 Å². The third kappa shape index (κ3) is 4.65. The molecule has 0 aliphatic heterocycles. The summed E-state index contributed by atoms with van der Waals surface area (Å²) >= 11 is 0. The van der Waals surface area contributed by atoms with Crippen molar-refractivity contribution in [2.45, 2.75) is 33.2 Å². The molecule has 2 aromatic heterocycles. The van der Waals surface area contributed by atoms with Gasteiger partial charge in [0.25, 0.3) is 0 Å². The number of carboxylic acid groups (broad SMARTS) is 1. The van der Waals surface area contributed by atoms with Crippen LogP contribution in [0.4, 0.5) is 0 Å². The number of quaternary nitrogens is 1. The highest BCUT2D eigenvalue weighted by Crippen LogP contribution is 2.31. The number of aromatic carboxylic acids is 1. The van der Waals surface area contributed by atoms with Crippen molar-refractivity contribution in [2.24, 2.45) is 7.05 Å². The molecule has 0 saturated heterocycles. The average molecular weight is 532 g/mol. The van der Waals surface area contributed by atoms with Gasteiger partial charge >= 0.3 is 0 Å². The zero-order valence-corrected chi connectivity index (χ0v) is 23.3. The van der Waals surface area contributed by atoms with Gasteiger partial charge in [-0.05, 0) is 59.9 Å². The predicted molar refractivity (Wildman–Crippen MR) is 159 cm³/mol. The maximum Gasteiger partial charge on any atom is 0.140 e.